The summed E-state index contributed by atoms with van der Waals surface area (Å²) >= 11 is 9.83. The summed E-state index contributed by atoms with van der Waals surface area (Å²) in [5.74, 6) is 0.149. The van der Waals surface area contributed by atoms with E-state index in [0.717, 1.165) is 53.3 Å². The van der Waals surface area contributed by atoms with E-state index in [9.17, 15) is 4.79 Å². The van der Waals surface area contributed by atoms with E-state index in [4.69, 9.17) is 11.6 Å². The molecule has 1 saturated heterocycles. The monoisotopic (exact) mass is 393 g/mol. The van der Waals surface area contributed by atoms with Gasteiger partial charge in [0.1, 0.15) is 6.04 Å². The minimum atomic E-state index is -0.0982. The SMILES string of the molecule is O=C(NC1CC1)C1CCCN1c1ccnc2c(Cl)cc(Br)cc12. The van der Waals surface area contributed by atoms with Crippen LogP contribution in [0.4, 0.5) is 5.69 Å². The predicted molar refractivity (Wildman–Crippen MR) is 96.0 cm³/mol. The molecule has 1 aromatic heterocycles. The number of hydrogen-bond acceptors (Lipinski definition) is 3. The fourth-order valence-corrected chi connectivity index (χ4v) is 4.13. The van der Waals surface area contributed by atoms with E-state index < -0.39 is 0 Å². The third-order valence-corrected chi connectivity index (χ3v) is 5.27. The van der Waals surface area contributed by atoms with Crippen molar-refractivity contribution in [3.8, 4) is 0 Å². The lowest BCUT2D eigenvalue weighted by Crippen LogP contribution is -2.44. The lowest BCUT2D eigenvalue weighted by atomic mass is 10.1. The van der Waals surface area contributed by atoms with Gasteiger partial charge in [-0.1, -0.05) is 27.5 Å². The molecule has 4 nitrogen and oxygen atoms in total. The summed E-state index contributed by atoms with van der Waals surface area (Å²) in [7, 11) is 0. The minimum Gasteiger partial charge on any atom is -0.359 e. The maximum Gasteiger partial charge on any atom is 0.242 e. The Morgan fingerprint density at radius 1 is 1.35 bits per heavy atom. The summed E-state index contributed by atoms with van der Waals surface area (Å²) in [6.45, 7) is 0.881. The quantitative estimate of drug-likeness (QED) is 0.859. The highest BCUT2D eigenvalue weighted by Crippen LogP contribution is 2.36. The number of benzene rings is 1. The molecule has 2 aromatic rings. The average Bonchev–Trinajstić information content (AvgIpc) is 3.19. The molecule has 6 heteroatoms. The molecular weight excluding hydrogens is 378 g/mol. The average molecular weight is 395 g/mol. The van der Waals surface area contributed by atoms with Gasteiger partial charge in [0.05, 0.1) is 10.5 Å². The van der Waals surface area contributed by atoms with Crippen LogP contribution in [0.3, 0.4) is 0 Å². The summed E-state index contributed by atoms with van der Waals surface area (Å²) in [6.07, 6.45) is 5.91. The second-order valence-corrected chi connectivity index (χ2v) is 7.57. The van der Waals surface area contributed by atoms with Crippen LogP contribution in [-0.4, -0.2) is 29.5 Å². The van der Waals surface area contributed by atoms with Crippen LogP contribution in [0.25, 0.3) is 10.9 Å². The van der Waals surface area contributed by atoms with E-state index >= 15 is 0 Å². The Hall–Kier alpha value is -1.33. The van der Waals surface area contributed by atoms with Crippen LogP contribution >= 0.6 is 27.5 Å². The molecule has 2 fully saturated rings. The zero-order valence-electron chi connectivity index (χ0n) is 12.6. The lowest BCUT2D eigenvalue weighted by Gasteiger charge is -2.27. The van der Waals surface area contributed by atoms with Crippen LogP contribution in [0, 0.1) is 0 Å². The largest absolute Gasteiger partial charge is 0.359 e. The lowest BCUT2D eigenvalue weighted by molar-refractivity contribution is -0.122. The van der Waals surface area contributed by atoms with Gasteiger partial charge in [0.25, 0.3) is 0 Å². The van der Waals surface area contributed by atoms with Gasteiger partial charge in [-0.2, -0.15) is 0 Å². The molecular formula is C17H17BrClN3O. The third kappa shape index (κ3) is 2.92. The molecule has 1 aliphatic carbocycles. The molecule has 1 amide bonds. The molecule has 1 unspecified atom stereocenters. The van der Waals surface area contributed by atoms with Gasteiger partial charge in [0, 0.05) is 34.3 Å². The number of aromatic nitrogens is 1. The number of rotatable bonds is 3. The number of carbonyl (C=O) groups excluding carboxylic acids is 1. The van der Waals surface area contributed by atoms with E-state index in [-0.39, 0.29) is 11.9 Å². The van der Waals surface area contributed by atoms with E-state index in [1.54, 1.807) is 6.20 Å². The first kappa shape index (κ1) is 15.2. The Kier molecular flexibility index (Phi) is 3.93. The van der Waals surface area contributed by atoms with Crippen molar-refractivity contribution >= 4 is 50.0 Å². The van der Waals surface area contributed by atoms with Crippen molar-refractivity contribution in [2.45, 2.75) is 37.8 Å². The Bertz CT molecular complexity index is 778. The molecule has 1 saturated carbocycles. The molecule has 1 N–H and O–H groups in total. The number of carbonyl (C=O) groups is 1. The number of nitrogens with one attached hydrogen (secondary N) is 1. The van der Waals surface area contributed by atoms with Crippen LogP contribution in [0.15, 0.2) is 28.9 Å². The number of nitrogens with zero attached hydrogens (tertiary/aromatic N) is 2. The first-order chi connectivity index (χ1) is 11.1. The molecule has 0 bridgehead atoms. The van der Waals surface area contributed by atoms with E-state index in [1.165, 1.54) is 0 Å². The van der Waals surface area contributed by atoms with Crippen molar-refractivity contribution in [3.05, 3.63) is 33.9 Å². The minimum absolute atomic E-state index is 0.0982. The molecule has 1 aliphatic heterocycles. The molecule has 2 aliphatic rings. The van der Waals surface area contributed by atoms with Gasteiger partial charge in [-0.05, 0) is 43.9 Å². The van der Waals surface area contributed by atoms with Crippen molar-refractivity contribution in [3.63, 3.8) is 0 Å². The zero-order chi connectivity index (χ0) is 16.0. The molecule has 1 atom stereocenters. The van der Waals surface area contributed by atoms with Gasteiger partial charge in [-0.25, -0.2) is 0 Å². The smallest absolute Gasteiger partial charge is 0.242 e. The Morgan fingerprint density at radius 3 is 2.96 bits per heavy atom. The van der Waals surface area contributed by atoms with Gasteiger partial charge >= 0.3 is 0 Å². The van der Waals surface area contributed by atoms with Crippen LogP contribution in [-0.2, 0) is 4.79 Å². The molecule has 0 spiro atoms. The van der Waals surface area contributed by atoms with Crippen LogP contribution in [0.2, 0.25) is 5.02 Å². The maximum absolute atomic E-state index is 12.5. The second kappa shape index (κ2) is 5.95. The highest BCUT2D eigenvalue weighted by Gasteiger charge is 2.34. The summed E-state index contributed by atoms with van der Waals surface area (Å²) in [5, 5.41) is 4.74. The Balaban J connectivity index is 1.73. The van der Waals surface area contributed by atoms with E-state index in [1.807, 2.05) is 18.2 Å². The number of pyridine rings is 1. The van der Waals surface area contributed by atoms with Gasteiger partial charge in [0.2, 0.25) is 5.91 Å². The van der Waals surface area contributed by atoms with Crippen LogP contribution in [0.5, 0.6) is 0 Å². The van der Waals surface area contributed by atoms with Crippen molar-refractivity contribution in [1.82, 2.24) is 10.3 Å². The molecule has 2 heterocycles. The van der Waals surface area contributed by atoms with Gasteiger partial charge < -0.3 is 10.2 Å². The van der Waals surface area contributed by atoms with E-state index in [2.05, 4.69) is 31.1 Å². The summed E-state index contributed by atoms with van der Waals surface area (Å²) in [6, 6.07) is 6.15. The normalized spacial score (nSPS) is 21.0. The molecule has 4 rings (SSSR count). The summed E-state index contributed by atoms with van der Waals surface area (Å²) < 4.78 is 0.919. The van der Waals surface area contributed by atoms with Gasteiger partial charge in [-0.3, -0.25) is 9.78 Å². The standard InChI is InChI=1S/C17H17BrClN3O/c18-10-8-12-14(5-6-20-16(12)13(19)9-10)22-7-1-2-15(22)17(23)21-11-3-4-11/h5-6,8-9,11,15H,1-4,7H2,(H,21,23). The molecule has 23 heavy (non-hydrogen) atoms. The fourth-order valence-electron chi connectivity index (χ4n) is 3.27. The fraction of sp³-hybridized carbons (Fsp3) is 0.412. The zero-order valence-corrected chi connectivity index (χ0v) is 14.9. The van der Waals surface area contributed by atoms with Crippen LogP contribution in [0.1, 0.15) is 25.7 Å². The van der Waals surface area contributed by atoms with Crippen molar-refractivity contribution in [2.24, 2.45) is 0 Å². The van der Waals surface area contributed by atoms with Gasteiger partial charge in [-0.15, -0.1) is 0 Å². The highest BCUT2D eigenvalue weighted by atomic mass is 79.9. The topological polar surface area (TPSA) is 45.2 Å². The van der Waals surface area contributed by atoms with Gasteiger partial charge in [0.15, 0.2) is 0 Å². The number of anilines is 1. The Labute approximate surface area is 148 Å². The number of amides is 1. The predicted octanol–water partition coefficient (Wildman–Crippen LogP) is 3.90. The first-order valence-electron chi connectivity index (χ1n) is 7.94. The van der Waals surface area contributed by atoms with Crippen LogP contribution < -0.4 is 10.2 Å². The molecule has 120 valence electrons. The number of fused-ring (bicyclic) bond motifs is 1. The van der Waals surface area contributed by atoms with Crippen molar-refractivity contribution < 1.29 is 4.79 Å². The van der Waals surface area contributed by atoms with Crippen molar-refractivity contribution in [2.75, 3.05) is 11.4 Å². The summed E-state index contributed by atoms with van der Waals surface area (Å²) in [4.78, 5) is 19.1. The summed E-state index contributed by atoms with van der Waals surface area (Å²) in [5.41, 5.74) is 1.81. The second-order valence-electron chi connectivity index (χ2n) is 6.25. The maximum atomic E-state index is 12.5. The first-order valence-corrected chi connectivity index (χ1v) is 9.11. The molecule has 0 radical (unpaired) electrons. The van der Waals surface area contributed by atoms with E-state index in [0.29, 0.717) is 11.1 Å². The number of hydrogen-bond donors (Lipinski definition) is 1. The Morgan fingerprint density at radius 2 is 2.17 bits per heavy atom. The third-order valence-electron chi connectivity index (χ3n) is 4.53. The highest BCUT2D eigenvalue weighted by molar-refractivity contribution is 9.10. The van der Waals surface area contributed by atoms with Crippen molar-refractivity contribution in [1.29, 1.82) is 0 Å². The molecule has 1 aromatic carbocycles. The number of halogens is 2.